The van der Waals surface area contributed by atoms with Crippen LogP contribution < -0.4 is 10.6 Å². The summed E-state index contributed by atoms with van der Waals surface area (Å²) >= 11 is 3.56. The van der Waals surface area contributed by atoms with E-state index in [0.717, 1.165) is 55.7 Å². The second kappa shape index (κ2) is 11.3. The van der Waals surface area contributed by atoms with Crippen molar-refractivity contribution in [2.45, 2.75) is 39.0 Å². The number of hydrogen-bond donors (Lipinski definition) is 2. The molecule has 5 nitrogen and oxygen atoms in total. The summed E-state index contributed by atoms with van der Waals surface area (Å²) in [4.78, 5) is 18.4. The van der Waals surface area contributed by atoms with Gasteiger partial charge in [0.2, 0.25) is 5.91 Å². The Morgan fingerprint density at radius 3 is 2.70 bits per heavy atom. The lowest BCUT2D eigenvalue weighted by molar-refractivity contribution is -0.121. The molecule has 27 heavy (non-hydrogen) atoms. The molecule has 0 spiro atoms. The van der Waals surface area contributed by atoms with Crippen molar-refractivity contribution in [1.29, 1.82) is 0 Å². The first-order valence-corrected chi connectivity index (χ1v) is 10.8. The standard InChI is InChI=1S/C21H33BrN4O/c1-4-16(12-18-6-5-7-19(22)13-18)15-25-21(24-3)26-10-8-17(9-11-26)14-20(27)23-2/h5-7,13,16-17H,4,8-12,14-15H2,1-3H3,(H,23,27)(H,24,25). The van der Waals surface area contributed by atoms with Crippen LogP contribution in [0, 0.1) is 11.8 Å². The molecule has 150 valence electrons. The summed E-state index contributed by atoms with van der Waals surface area (Å²) in [7, 11) is 3.57. The van der Waals surface area contributed by atoms with Gasteiger partial charge < -0.3 is 15.5 Å². The quantitative estimate of drug-likeness (QED) is 0.508. The topological polar surface area (TPSA) is 56.7 Å². The Kier molecular flexibility index (Phi) is 9.11. The highest BCUT2D eigenvalue weighted by Crippen LogP contribution is 2.21. The van der Waals surface area contributed by atoms with Gasteiger partial charge in [0.15, 0.2) is 5.96 Å². The van der Waals surface area contributed by atoms with E-state index in [2.05, 4.69) is 67.6 Å². The first-order chi connectivity index (χ1) is 13.0. The number of carbonyl (C=O) groups excluding carboxylic acids is 1. The molecule has 1 saturated heterocycles. The van der Waals surface area contributed by atoms with Gasteiger partial charge in [-0.25, -0.2) is 0 Å². The number of benzene rings is 1. The monoisotopic (exact) mass is 436 g/mol. The van der Waals surface area contributed by atoms with Gasteiger partial charge in [0.25, 0.3) is 0 Å². The Labute approximate surface area is 172 Å². The van der Waals surface area contributed by atoms with Crippen molar-refractivity contribution in [3.63, 3.8) is 0 Å². The molecule has 0 bridgehead atoms. The van der Waals surface area contributed by atoms with Crippen LogP contribution in [0.3, 0.4) is 0 Å². The average Bonchev–Trinajstić information content (AvgIpc) is 2.68. The van der Waals surface area contributed by atoms with Crippen molar-refractivity contribution >= 4 is 27.8 Å². The molecule has 1 aliphatic rings. The van der Waals surface area contributed by atoms with Crippen LogP contribution in [-0.2, 0) is 11.2 Å². The number of nitrogens with zero attached hydrogens (tertiary/aromatic N) is 2. The molecule has 6 heteroatoms. The summed E-state index contributed by atoms with van der Waals surface area (Å²) in [6, 6.07) is 8.56. The van der Waals surface area contributed by atoms with E-state index < -0.39 is 0 Å². The molecular weight excluding hydrogens is 404 g/mol. The van der Waals surface area contributed by atoms with Gasteiger partial charge in [-0.05, 0) is 48.8 Å². The number of nitrogens with one attached hydrogen (secondary N) is 2. The van der Waals surface area contributed by atoms with Crippen LogP contribution >= 0.6 is 15.9 Å². The number of amides is 1. The molecule has 1 unspecified atom stereocenters. The predicted octanol–water partition coefficient (Wildman–Crippen LogP) is 3.44. The molecule has 1 heterocycles. The fourth-order valence-electron chi connectivity index (χ4n) is 3.64. The first kappa shape index (κ1) is 21.7. The number of hydrogen-bond acceptors (Lipinski definition) is 2. The van der Waals surface area contributed by atoms with Crippen LogP contribution in [0.4, 0.5) is 0 Å². The zero-order valence-electron chi connectivity index (χ0n) is 16.8. The average molecular weight is 437 g/mol. The largest absolute Gasteiger partial charge is 0.359 e. The minimum absolute atomic E-state index is 0.147. The molecule has 1 aromatic carbocycles. The van der Waals surface area contributed by atoms with E-state index in [9.17, 15) is 4.79 Å². The summed E-state index contributed by atoms with van der Waals surface area (Å²) in [6.45, 7) is 5.10. The van der Waals surface area contributed by atoms with Crippen molar-refractivity contribution < 1.29 is 4.79 Å². The molecule has 1 fully saturated rings. The van der Waals surface area contributed by atoms with Gasteiger partial charge in [-0.1, -0.05) is 41.4 Å². The van der Waals surface area contributed by atoms with Crippen LogP contribution in [0.15, 0.2) is 33.7 Å². The Morgan fingerprint density at radius 2 is 2.11 bits per heavy atom. The number of aliphatic imine (C=N–C) groups is 1. The maximum absolute atomic E-state index is 11.6. The van der Waals surface area contributed by atoms with Gasteiger partial charge in [0.05, 0.1) is 0 Å². The lowest BCUT2D eigenvalue weighted by atomic mass is 9.93. The minimum atomic E-state index is 0.147. The van der Waals surface area contributed by atoms with E-state index in [0.29, 0.717) is 18.3 Å². The highest BCUT2D eigenvalue weighted by Gasteiger charge is 2.23. The van der Waals surface area contributed by atoms with Crippen molar-refractivity contribution in [2.75, 3.05) is 33.7 Å². The molecule has 0 aliphatic carbocycles. The fourth-order valence-corrected chi connectivity index (χ4v) is 4.09. The van der Waals surface area contributed by atoms with E-state index >= 15 is 0 Å². The molecule has 1 aliphatic heterocycles. The maximum atomic E-state index is 11.6. The third-order valence-electron chi connectivity index (χ3n) is 5.42. The van der Waals surface area contributed by atoms with Crippen molar-refractivity contribution in [1.82, 2.24) is 15.5 Å². The third kappa shape index (κ3) is 7.17. The predicted molar refractivity (Wildman–Crippen MR) is 116 cm³/mol. The highest BCUT2D eigenvalue weighted by atomic mass is 79.9. The van der Waals surface area contributed by atoms with Gasteiger partial charge in [-0.15, -0.1) is 0 Å². The molecule has 0 aromatic heterocycles. The second-order valence-electron chi connectivity index (χ2n) is 7.34. The molecule has 1 aromatic rings. The van der Waals surface area contributed by atoms with Crippen molar-refractivity contribution in [2.24, 2.45) is 16.8 Å². The zero-order chi connectivity index (χ0) is 19.6. The molecular formula is C21H33BrN4O. The fraction of sp³-hybridized carbons (Fsp3) is 0.619. The Morgan fingerprint density at radius 1 is 1.37 bits per heavy atom. The number of likely N-dealkylation sites (tertiary alicyclic amines) is 1. The SMILES string of the molecule is CCC(CNC(=NC)N1CCC(CC(=O)NC)CC1)Cc1cccc(Br)c1. The van der Waals surface area contributed by atoms with Crippen LogP contribution in [0.25, 0.3) is 0 Å². The Balaban J connectivity index is 1.81. The summed E-state index contributed by atoms with van der Waals surface area (Å²) in [6.07, 6.45) is 4.92. The first-order valence-electron chi connectivity index (χ1n) is 9.96. The summed E-state index contributed by atoms with van der Waals surface area (Å²) in [5, 5.41) is 6.31. The minimum Gasteiger partial charge on any atom is -0.359 e. The molecule has 2 N–H and O–H groups in total. The maximum Gasteiger partial charge on any atom is 0.220 e. The smallest absolute Gasteiger partial charge is 0.220 e. The molecule has 1 amide bonds. The molecule has 0 saturated carbocycles. The van der Waals surface area contributed by atoms with E-state index in [1.165, 1.54) is 5.56 Å². The summed E-state index contributed by atoms with van der Waals surface area (Å²) < 4.78 is 1.14. The molecule has 0 radical (unpaired) electrons. The molecule has 1 atom stereocenters. The van der Waals surface area contributed by atoms with Crippen molar-refractivity contribution in [3.05, 3.63) is 34.3 Å². The number of piperidine rings is 1. The van der Waals surface area contributed by atoms with E-state index in [-0.39, 0.29) is 5.91 Å². The summed E-state index contributed by atoms with van der Waals surface area (Å²) in [5.41, 5.74) is 1.36. The van der Waals surface area contributed by atoms with E-state index in [4.69, 9.17) is 0 Å². The zero-order valence-corrected chi connectivity index (χ0v) is 18.4. The van der Waals surface area contributed by atoms with Crippen molar-refractivity contribution in [3.8, 4) is 0 Å². The number of carbonyl (C=O) groups is 1. The summed E-state index contributed by atoms with van der Waals surface area (Å²) in [5.74, 6) is 2.19. The Hall–Kier alpha value is -1.56. The van der Waals surface area contributed by atoms with Crippen LogP contribution in [0.2, 0.25) is 0 Å². The second-order valence-corrected chi connectivity index (χ2v) is 8.26. The van der Waals surface area contributed by atoms with Crippen LogP contribution in [-0.4, -0.2) is 50.5 Å². The van der Waals surface area contributed by atoms with Gasteiger partial charge in [-0.3, -0.25) is 9.79 Å². The van der Waals surface area contributed by atoms with Gasteiger partial charge in [-0.2, -0.15) is 0 Å². The lowest BCUT2D eigenvalue weighted by Gasteiger charge is -2.34. The molecule has 2 rings (SSSR count). The number of halogens is 1. The van der Waals surface area contributed by atoms with Crippen LogP contribution in [0.1, 0.15) is 38.2 Å². The lowest BCUT2D eigenvalue weighted by Crippen LogP contribution is -2.47. The van der Waals surface area contributed by atoms with Gasteiger partial charge >= 0.3 is 0 Å². The van der Waals surface area contributed by atoms with E-state index in [1.54, 1.807) is 7.05 Å². The number of guanidine groups is 1. The van der Waals surface area contributed by atoms with E-state index in [1.807, 2.05) is 7.05 Å². The van der Waals surface area contributed by atoms with Crippen LogP contribution in [0.5, 0.6) is 0 Å². The number of rotatable bonds is 7. The van der Waals surface area contributed by atoms with Gasteiger partial charge in [0, 0.05) is 44.6 Å². The highest BCUT2D eigenvalue weighted by molar-refractivity contribution is 9.10. The van der Waals surface area contributed by atoms with Gasteiger partial charge in [0.1, 0.15) is 0 Å². The normalized spacial score (nSPS) is 16.9. The Bertz CT molecular complexity index is 626. The third-order valence-corrected chi connectivity index (χ3v) is 5.91.